The number of aromatic nitrogens is 3. The highest BCUT2D eigenvalue weighted by molar-refractivity contribution is 6.05. The van der Waals surface area contributed by atoms with E-state index in [1.54, 1.807) is 43.6 Å². The van der Waals surface area contributed by atoms with E-state index < -0.39 is 11.7 Å². The number of aliphatic hydroxyl groups excluding tert-OH is 1. The van der Waals surface area contributed by atoms with Crippen LogP contribution in [0.2, 0.25) is 0 Å². The number of nitrogens with one attached hydrogen (secondary N) is 1. The molecule has 4 N–H and O–H groups in total. The molecule has 2 atom stereocenters. The van der Waals surface area contributed by atoms with Gasteiger partial charge in [-0.2, -0.15) is 5.26 Å². The first kappa shape index (κ1) is 27.6. The summed E-state index contributed by atoms with van der Waals surface area (Å²) in [6.07, 6.45) is 5.12. The zero-order valence-corrected chi connectivity index (χ0v) is 22.3. The van der Waals surface area contributed by atoms with Crippen LogP contribution in [0.3, 0.4) is 0 Å². The third-order valence-electron chi connectivity index (χ3n) is 6.85. The Bertz CT molecular complexity index is 1620. The SMILES string of the molecule is CCOc1cccc(F)c1-c1nccc(C(=O)Nc2ccc(-c3cnccc3C#N)cc2N2C[C@@H](N)CC2CO)n1. The molecule has 2 aromatic carbocycles. The molecule has 10 nitrogen and oxygen atoms in total. The molecule has 2 aromatic heterocycles. The molecule has 1 aliphatic rings. The van der Waals surface area contributed by atoms with E-state index in [4.69, 9.17) is 10.5 Å². The Morgan fingerprint density at radius 1 is 1.27 bits per heavy atom. The van der Waals surface area contributed by atoms with Gasteiger partial charge in [-0.1, -0.05) is 12.1 Å². The number of rotatable bonds is 8. The summed E-state index contributed by atoms with van der Waals surface area (Å²) in [5.41, 5.74) is 9.19. The van der Waals surface area contributed by atoms with Crippen LogP contribution in [-0.4, -0.2) is 57.8 Å². The van der Waals surface area contributed by atoms with Gasteiger partial charge < -0.3 is 25.8 Å². The molecule has 208 valence electrons. The lowest BCUT2D eigenvalue weighted by atomic mass is 10.0. The summed E-state index contributed by atoms with van der Waals surface area (Å²) in [6, 6.07) is 14.6. The molecular weight excluding hydrogens is 525 g/mol. The first-order valence-electron chi connectivity index (χ1n) is 13.1. The predicted octanol–water partition coefficient (Wildman–Crippen LogP) is 3.77. The lowest BCUT2D eigenvalue weighted by Crippen LogP contribution is -2.33. The number of halogens is 1. The van der Waals surface area contributed by atoms with Crippen LogP contribution in [0.5, 0.6) is 5.75 Å². The zero-order valence-electron chi connectivity index (χ0n) is 22.3. The highest BCUT2D eigenvalue weighted by Gasteiger charge is 2.32. The Kier molecular flexibility index (Phi) is 8.14. The number of amides is 1. The second-order valence-corrected chi connectivity index (χ2v) is 9.52. The Labute approximate surface area is 236 Å². The van der Waals surface area contributed by atoms with Gasteiger partial charge in [-0.05, 0) is 55.3 Å². The highest BCUT2D eigenvalue weighted by Crippen LogP contribution is 2.37. The van der Waals surface area contributed by atoms with E-state index in [9.17, 15) is 19.6 Å². The molecule has 0 aliphatic carbocycles. The number of carbonyl (C=O) groups is 1. The standard InChI is InChI=1S/C30H28FN7O3/c1-2-41-27-5-3-4-23(31)28(27)29-35-11-9-25(36-29)30(40)37-24-7-6-18(22-15-34-10-8-19(22)14-32)12-26(24)38-16-20(33)13-21(38)17-39/h3-12,15,20-21,39H,2,13,16-17,33H2,1H3,(H,37,40)/t20-,21?/m0/s1. The second kappa shape index (κ2) is 12.1. The third-order valence-corrected chi connectivity index (χ3v) is 6.85. The van der Waals surface area contributed by atoms with Crippen molar-refractivity contribution in [3.05, 3.63) is 84.2 Å². The summed E-state index contributed by atoms with van der Waals surface area (Å²) < 4.78 is 20.3. The molecule has 0 bridgehead atoms. The van der Waals surface area contributed by atoms with E-state index in [0.29, 0.717) is 47.6 Å². The van der Waals surface area contributed by atoms with Gasteiger partial charge in [0.15, 0.2) is 5.82 Å². The predicted molar refractivity (Wildman–Crippen MR) is 152 cm³/mol. The number of hydrogen-bond acceptors (Lipinski definition) is 9. The van der Waals surface area contributed by atoms with Gasteiger partial charge in [0.1, 0.15) is 17.3 Å². The summed E-state index contributed by atoms with van der Waals surface area (Å²) in [4.78, 5) is 28.1. The molecule has 11 heteroatoms. The molecule has 5 rings (SSSR count). The first-order valence-corrected chi connectivity index (χ1v) is 13.1. The lowest BCUT2D eigenvalue weighted by molar-refractivity contribution is 0.102. The van der Waals surface area contributed by atoms with Crippen LogP contribution in [-0.2, 0) is 0 Å². The van der Waals surface area contributed by atoms with E-state index in [-0.39, 0.29) is 41.5 Å². The molecule has 0 saturated carbocycles. The van der Waals surface area contributed by atoms with Crippen LogP contribution in [0.4, 0.5) is 15.8 Å². The topological polar surface area (TPSA) is 150 Å². The minimum absolute atomic E-state index is 0.0150. The van der Waals surface area contributed by atoms with E-state index in [1.807, 2.05) is 11.0 Å². The molecule has 1 unspecified atom stereocenters. The number of nitriles is 1. The second-order valence-electron chi connectivity index (χ2n) is 9.52. The minimum Gasteiger partial charge on any atom is -0.493 e. The molecule has 4 aromatic rings. The number of ether oxygens (including phenoxy) is 1. The molecule has 41 heavy (non-hydrogen) atoms. The van der Waals surface area contributed by atoms with Gasteiger partial charge in [0.05, 0.1) is 47.8 Å². The maximum Gasteiger partial charge on any atom is 0.274 e. The maximum atomic E-state index is 14.8. The fraction of sp³-hybridized carbons (Fsp3) is 0.233. The van der Waals surface area contributed by atoms with Crippen LogP contribution >= 0.6 is 0 Å². The Morgan fingerprint density at radius 3 is 2.90 bits per heavy atom. The summed E-state index contributed by atoms with van der Waals surface area (Å²) in [5, 5.41) is 22.6. The van der Waals surface area contributed by atoms with Crippen molar-refractivity contribution in [1.29, 1.82) is 5.26 Å². The van der Waals surface area contributed by atoms with E-state index in [1.165, 1.54) is 24.4 Å². The van der Waals surface area contributed by atoms with Gasteiger partial charge in [0.2, 0.25) is 0 Å². The van der Waals surface area contributed by atoms with Gasteiger partial charge in [0.25, 0.3) is 5.91 Å². The molecule has 1 aliphatic heterocycles. The molecule has 1 saturated heterocycles. The van der Waals surface area contributed by atoms with E-state index >= 15 is 0 Å². The Balaban J connectivity index is 1.53. The van der Waals surface area contributed by atoms with Crippen LogP contribution in [0.1, 0.15) is 29.4 Å². The molecule has 0 spiro atoms. The van der Waals surface area contributed by atoms with Crippen LogP contribution in [0.25, 0.3) is 22.5 Å². The van der Waals surface area contributed by atoms with Crippen molar-refractivity contribution in [2.75, 3.05) is 30.0 Å². The number of anilines is 2. The van der Waals surface area contributed by atoms with Gasteiger partial charge in [-0.15, -0.1) is 0 Å². The molecule has 0 radical (unpaired) electrons. The largest absolute Gasteiger partial charge is 0.493 e. The van der Waals surface area contributed by atoms with Crippen molar-refractivity contribution >= 4 is 17.3 Å². The summed E-state index contributed by atoms with van der Waals surface area (Å²) in [5.74, 6) is -0.823. The summed E-state index contributed by atoms with van der Waals surface area (Å²) >= 11 is 0. The van der Waals surface area contributed by atoms with Crippen molar-refractivity contribution < 1.29 is 19.0 Å². The number of carbonyl (C=O) groups excluding carboxylic acids is 1. The number of nitrogens with two attached hydrogens (primary N) is 1. The van der Waals surface area contributed by atoms with E-state index in [0.717, 1.165) is 0 Å². The molecule has 1 amide bonds. The Morgan fingerprint density at radius 2 is 2.12 bits per heavy atom. The van der Waals surface area contributed by atoms with Gasteiger partial charge in [-0.25, -0.2) is 14.4 Å². The summed E-state index contributed by atoms with van der Waals surface area (Å²) in [7, 11) is 0. The number of aliphatic hydroxyl groups is 1. The highest BCUT2D eigenvalue weighted by atomic mass is 19.1. The monoisotopic (exact) mass is 553 g/mol. The fourth-order valence-corrected chi connectivity index (χ4v) is 4.97. The van der Waals surface area contributed by atoms with Gasteiger partial charge in [0, 0.05) is 36.7 Å². The Hall–Kier alpha value is -4.92. The number of hydrogen-bond donors (Lipinski definition) is 3. The van der Waals surface area contributed by atoms with Crippen molar-refractivity contribution in [1.82, 2.24) is 15.0 Å². The average molecular weight is 554 g/mol. The van der Waals surface area contributed by atoms with Crippen LogP contribution < -0.4 is 20.7 Å². The summed E-state index contributed by atoms with van der Waals surface area (Å²) in [6.45, 7) is 2.44. The van der Waals surface area contributed by atoms with E-state index in [2.05, 4.69) is 26.3 Å². The fourth-order valence-electron chi connectivity index (χ4n) is 4.97. The van der Waals surface area contributed by atoms with Crippen LogP contribution in [0.15, 0.2) is 67.1 Å². The lowest BCUT2D eigenvalue weighted by Gasteiger charge is -2.28. The van der Waals surface area contributed by atoms with Crippen LogP contribution in [0, 0.1) is 17.1 Å². The smallest absolute Gasteiger partial charge is 0.274 e. The molecule has 3 heterocycles. The van der Waals surface area contributed by atoms with Crippen molar-refractivity contribution in [3.63, 3.8) is 0 Å². The number of nitrogens with zero attached hydrogens (tertiary/aromatic N) is 5. The van der Waals surface area contributed by atoms with Gasteiger partial charge in [-0.3, -0.25) is 9.78 Å². The number of pyridine rings is 1. The van der Waals surface area contributed by atoms with Crippen molar-refractivity contribution in [3.8, 4) is 34.3 Å². The first-order chi connectivity index (χ1) is 19.9. The quantitative estimate of drug-likeness (QED) is 0.296. The average Bonchev–Trinajstić information content (AvgIpc) is 3.38. The van der Waals surface area contributed by atoms with Gasteiger partial charge >= 0.3 is 0 Å². The molecular formula is C30H28FN7O3. The normalized spacial score (nSPS) is 16.3. The molecule has 1 fully saturated rings. The third kappa shape index (κ3) is 5.70. The number of benzene rings is 2. The zero-order chi connectivity index (χ0) is 28.9. The van der Waals surface area contributed by atoms with Crippen molar-refractivity contribution in [2.24, 2.45) is 5.73 Å². The minimum atomic E-state index is -0.570. The maximum absolute atomic E-state index is 14.8. The van der Waals surface area contributed by atoms with Crippen molar-refractivity contribution in [2.45, 2.75) is 25.4 Å².